The third kappa shape index (κ3) is 4.17. The van der Waals surface area contributed by atoms with Gasteiger partial charge in [0.1, 0.15) is 17.2 Å². The standard InChI is InChI=1S/C28H27N3O4/c1-33-21-12-10-19(11-13-21)27-25-9-6-16-30(25)24-8-5-4-7-20(24)18-31(27)28(32)29-23-15-14-22(34-2)17-26(23)35-3/h4-17,27H,18H2,1-3H3,(H,29,32)/t27-/m1/s1. The summed E-state index contributed by atoms with van der Waals surface area (Å²) in [5.41, 5.74) is 4.66. The van der Waals surface area contributed by atoms with Gasteiger partial charge in [0.25, 0.3) is 0 Å². The van der Waals surface area contributed by atoms with Crippen molar-refractivity contribution in [1.82, 2.24) is 9.47 Å². The van der Waals surface area contributed by atoms with Crippen LogP contribution in [0, 0.1) is 0 Å². The van der Waals surface area contributed by atoms with Gasteiger partial charge >= 0.3 is 6.03 Å². The number of carbonyl (C=O) groups is 1. The molecule has 0 spiro atoms. The van der Waals surface area contributed by atoms with Crippen molar-refractivity contribution in [3.05, 3.63) is 102 Å². The minimum absolute atomic E-state index is 0.237. The van der Waals surface area contributed by atoms with Gasteiger partial charge < -0.3 is 29.0 Å². The number of fused-ring (bicyclic) bond motifs is 3. The van der Waals surface area contributed by atoms with Crippen molar-refractivity contribution in [2.24, 2.45) is 0 Å². The van der Waals surface area contributed by atoms with Gasteiger partial charge in [-0.1, -0.05) is 30.3 Å². The van der Waals surface area contributed by atoms with Crippen molar-refractivity contribution >= 4 is 11.7 Å². The molecule has 7 nitrogen and oxygen atoms in total. The predicted molar refractivity (Wildman–Crippen MR) is 135 cm³/mol. The summed E-state index contributed by atoms with van der Waals surface area (Å²) in [7, 11) is 4.81. The number of hydrogen-bond donors (Lipinski definition) is 1. The number of anilines is 1. The number of carbonyl (C=O) groups excluding carboxylic acids is 1. The van der Waals surface area contributed by atoms with Crippen LogP contribution in [0.2, 0.25) is 0 Å². The first kappa shape index (κ1) is 22.4. The quantitative estimate of drug-likeness (QED) is 0.411. The van der Waals surface area contributed by atoms with Crippen LogP contribution in [0.25, 0.3) is 5.69 Å². The first-order valence-electron chi connectivity index (χ1n) is 11.3. The number of para-hydroxylation sites is 1. The lowest BCUT2D eigenvalue weighted by Gasteiger charge is -2.31. The Kier molecular flexibility index (Phi) is 6.06. The number of ether oxygens (including phenoxy) is 3. The molecule has 0 radical (unpaired) electrons. The summed E-state index contributed by atoms with van der Waals surface area (Å²) < 4.78 is 18.3. The van der Waals surface area contributed by atoms with Crippen LogP contribution in [-0.4, -0.2) is 36.8 Å². The Bertz CT molecular complexity index is 1350. The Hall–Kier alpha value is -4.39. The summed E-state index contributed by atoms with van der Waals surface area (Å²) in [5.74, 6) is 1.94. The second kappa shape index (κ2) is 9.46. The summed E-state index contributed by atoms with van der Waals surface area (Å²) in [6.45, 7) is 0.429. The molecule has 0 saturated heterocycles. The van der Waals surface area contributed by atoms with E-state index >= 15 is 0 Å². The molecule has 4 aromatic rings. The fourth-order valence-corrected chi connectivity index (χ4v) is 4.57. The van der Waals surface area contributed by atoms with Crippen LogP contribution in [0.3, 0.4) is 0 Å². The number of benzene rings is 3. The molecule has 2 amide bonds. The van der Waals surface area contributed by atoms with Crippen molar-refractivity contribution in [3.8, 4) is 22.9 Å². The number of aromatic nitrogens is 1. The highest BCUT2D eigenvalue weighted by Gasteiger charge is 2.33. The third-order valence-corrected chi connectivity index (χ3v) is 6.31. The van der Waals surface area contributed by atoms with Gasteiger partial charge in [0.05, 0.1) is 45.3 Å². The minimum Gasteiger partial charge on any atom is -0.497 e. The molecular weight excluding hydrogens is 442 g/mol. The second-order valence-electron chi connectivity index (χ2n) is 8.23. The van der Waals surface area contributed by atoms with Gasteiger partial charge in [0, 0.05) is 18.0 Å². The lowest BCUT2D eigenvalue weighted by molar-refractivity contribution is 0.194. The molecule has 178 valence electrons. The molecule has 0 saturated carbocycles. The predicted octanol–water partition coefficient (Wildman–Crippen LogP) is 5.64. The van der Waals surface area contributed by atoms with Gasteiger partial charge in [-0.05, 0) is 53.6 Å². The molecular formula is C28H27N3O4. The maximum atomic E-state index is 13.9. The van der Waals surface area contributed by atoms with Gasteiger partial charge in [-0.2, -0.15) is 0 Å². The number of urea groups is 1. The molecule has 1 aromatic heterocycles. The van der Waals surface area contributed by atoms with Crippen LogP contribution in [0.1, 0.15) is 22.9 Å². The van der Waals surface area contributed by atoms with Crippen molar-refractivity contribution in [3.63, 3.8) is 0 Å². The van der Waals surface area contributed by atoms with E-state index in [0.717, 1.165) is 28.3 Å². The van der Waals surface area contributed by atoms with E-state index in [2.05, 4.69) is 28.1 Å². The van der Waals surface area contributed by atoms with Crippen LogP contribution >= 0.6 is 0 Å². The molecule has 1 N–H and O–H groups in total. The van der Waals surface area contributed by atoms with Gasteiger partial charge in [-0.3, -0.25) is 0 Å². The zero-order valence-corrected chi connectivity index (χ0v) is 19.9. The Balaban J connectivity index is 1.60. The zero-order chi connectivity index (χ0) is 24.4. The van der Waals surface area contributed by atoms with Crippen LogP contribution in [-0.2, 0) is 6.54 Å². The smallest absolute Gasteiger partial charge is 0.323 e. The highest BCUT2D eigenvalue weighted by Crippen LogP contribution is 2.38. The van der Waals surface area contributed by atoms with Gasteiger partial charge in [-0.25, -0.2) is 4.79 Å². The lowest BCUT2D eigenvalue weighted by atomic mass is 10.0. The normalized spacial score (nSPS) is 14.4. The molecule has 7 heteroatoms. The fraction of sp³-hybridized carbons (Fsp3) is 0.179. The van der Waals surface area contributed by atoms with Crippen molar-refractivity contribution in [2.75, 3.05) is 26.6 Å². The number of nitrogens with zero attached hydrogens (tertiary/aromatic N) is 2. The summed E-state index contributed by atoms with van der Waals surface area (Å²) in [6, 6.07) is 24.8. The number of nitrogens with one attached hydrogen (secondary N) is 1. The maximum Gasteiger partial charge on any atom is 0.323 e. The van der Waals surface area contributed by atoms with E-state index in [0.29, 0.717) is 23.7 Å². The molecule has 3 aromatic carbocycles. The van der Waals surface area contributed by atoms with Crippen LogP contribution in [0.5, 0.6) is 17.2 Å². The van der Waals surface area contributed by atoms with Gasteiger partial charge in [-0.15, -0.1) is 0 Å². The molecule has 1 aliphatic heterocycles. The first-order valence-corrected chi connectivity index (χ1v) is 11.3. The molecule has 0 unspecified atom stereocenters. The maximum absolute atomic E-state index is 13.9. The van der Waals surface area contributed by atoms with Gasteiger partial charge in [0.15, 0.2) is 0 Å². The van der Waals surface area contributed by atoms with Crippen LogP contribution < -0.4 is 19.5 Å². The van der Waals surface area contributed by atoms with E-state index in [1.54, 1.807) is 39.5 Å². The largest absolute Gasteiger partial charge is 0.497 e. The second-order valence-corrected chi connectivity index (χ2v) is 8.23. The number of rotatable bonds is 5. The van der Waals surface area contributed by atoms with Gasteiger partial charge in [0.2, 0.25) is 0 Å². The van der Waals surface area contributed by atoms with E-state index in [1.165, 1.54) is 0 Å². The SMILES string of the molecule is COc1ccc([C@@H]2c3cccn3-c3ccccc3CN2C(=O)Nc2ccc(OC)cc2OC)cc1. The first-order chi connectivity index (χ1) is 17.1. The topological polar surface area (TPSA) is 65.0 Å². The molecule has 5 rings (SSSR count). The molecule has 35 heavy (non-hydrogen) atoms. The van der Waals surface area contributed by atoms with E-state index in [4.69, 9.17) is 14.2 Å². The lowest BCUT2D eigenvalue weighted by Crippen LogP contribution is -2.38. The average Bonchev–Trinajstić information content (AvgIpc) is 3.33. The monoisotopic (exact) mass is 469 g/mol. The van der Waals surface area contributed by atoms with E-state index in [-0.39, 0.29) is 12.1 Å². The summed E-state index contributed by atoms with van der Waals surface area (Å²) in [5, 5.41) is 3.06. The zero-order valence-electron chi connectivity index (χ0n) is 19.9. The third-order valence-electron chi connectivity index (χ3n) is 6.31. The summed E-state index contributed by atoms with van der Waals surface area (Å²) >= 11 is 0. The van der Waals surface area contributed by atoms with Crippen molar-refractivity contribution in [1.29, 1.82) is 0 Å². The fourth-order valence-electron chi connectivity index (χ4n) is 4.57. The Morgan fingerprint density at radius 1 is 0.857 bits per heavy atom. The molecule has 1 aliphatic rings. The highest BCUT2D eigenvalue weighted by atomic mass is 16.5. The minimum atomic E-state index is -0.326. The van der Waals surface area contributed by atoms with Crippen LogP contribution in [0.15, 0.2) is 85.1 Å². The molecule has 1 atom stereocenters. The Morgan fingerprint density at radius 2 is 1.60 bits per heavy atom. The van der Waals surface area contributed by atoms with Crippen LogP contribution in [0.4, 0.5) is 10.5 Å². The van der Waals surface area contributed by atoms with Crippen molar-refractivity contribution in [2.45, 2.75) is 12.6 Å². The molecule has 0 fully saturated rings. The molecule has 0 aliphatic carbocycles. The van der Waals surface area contributed by atoms with E-state index < -0.39 is 0 Å². The Labute approximate surface area is 204 Å². The Morgan fingerprint density at radius 3 is 2.34 bits per heavy atom. The number of methoxy groups -OCH3 is 3. The van der Waals surface area contributed by atoms with Crippen molar-refractivity contribution < 1.29 is 19.0 Å². The average molecular weight is 470 g/mol. The van der Waals surface area contributed by atoms with E-state index in [9.17, 15) is 4.79 Å². The summed E-state index contributed by atoms with van der Waals surface area (Å²) in [6.07, 6.45) is 2.04. The number of hydrogen-bond acceptors (Lipinski definition) is 4. The summed E-state index contributed by atoms with van der Waals surface area (Å²) in [4.78, 5) is 15.7. The van der Waals surface area contributed by atoms with E-state index in [1.807, 2.05) is 53.6 Å². The number of amides is 2. The molecule has 2 heterocycles. The molecule has 0 bridgehead atoms. The highest BCUT2D eigenvalue weighted by molar-refractivity contribution is 5.92.